The van der Waals surface area contributed by atoms with Crippen LogP contribution in [-0.2, 0) is 13.1 Å². The van der Waals surface area contributed by atoms with Crippen LogP contribution in [-0.4, -0.2) is 29.3 Å². The van der Waals surface area contributed by atoms with E-state index in [0.29, 0.717) is 13.1 Å². The molecule has 1 aromatic carbocycles. The molecular weight excluding hydrogens is 441 g/mol. The van der Waals surface area contributed by atoms with Gasteiger partial charge in [0, 0.05) is 18.3 Å². The topological polar surface area (TPSA) is 74.3 Å². The number of ether oxygens (including phenoxy) is 1. The van der Waals surface area contributed by atoms with Gasteiger partial charge in [-0.1, -0.05) is 12.1 Å². The molecule has 7 heteroatoms. The van der Waals surface area contributed by atoms with Crippen molar-refractivity contribution >= 4 is 29.9 Å². The summed E-state index contributed by atoms with van der Waals surface area (Å²) in [6.07, 6.45) is 4.33. The van der Waals surface area contributed by atoms with E-state index in [4.69, 9.17) is 9.73 Å². The Labute approximate surface area is 172 Å². The van der Waals surface area contributed by atoms with Crippen LogP contribution >= 0.6 is 24.0 Å². The summed E-state index contributed by atoms with van der Waals surface area (Å²) in [5.41, 5.74) is 3.35. The van der Waals surface area contributed by atoms with Crippen molar-refractivity contribution in [1.29, 1.82) is 0 Å². The van der Waals surface area contributed by atoms with Crippen LogP contribution in [0.5, 0.6) is 5.75 Å². The van der Waals surface area contributed by atoms with Crippen molar-refractivity contribution in [1.82, 2.24) is 20.8 Å². The average molecular weight is 469 g/mol. The van der Waals surface area contributed by atoms with Crippen molar-refractivity contribution < 1.29 is 4.74 Å². The number of hydrogen-bond acceptors (Lipinski definition) is 3. The number of benzene rings is 1. The number of halogens is 1. The van der Waals surface area contributed by atoms with Crippen molar-refractivity contribution in [2.45, 2.75) is 39.8 Å². The Hall–Kier alpha value is -1.77. The third kappa shape index (κ3) is 6.51. The quantitative estimate of drug-likeness (QED) is 0.315. The molecule has 0 bridgehead atoms. The summed E-state index contributed by atoms with van der Waals surface area (Å²) in [5, 5.41) is 13.5. The molecular formula is C19H28IN5O. The van der Waals surface area contributed by atoms with Gasteiger partial charge in [0.05, 0.1) is 25.4 Å². The SMILES string of the molecule is CCNC(=NCc1ccc(C)cc1OCC1CC1)NCc1ccn[nH]1.I. The minimum absolute atomic E-state index is 0. The summed E-state index contributed by atoms with van der Waals surface area (Å²) in [4.78, 5) is 4.70. The van der Waals surface area contributed by atoms with Crippen molar-refractivity contribution in [3.05, 3.63) is 47.3 Å². The molecule has 1 aromatic heterocycles. The van der Waals surface area contributed by atoms with E-state index in [9.17, 15) is 0 Å². The van der Waals surface area contributed by atoms with E-state index in [2.05, 4.69) is 52.9 Å². The molecule has 1 aliphatic rings. The number of aromatic amines is 1. The van der Waals surface area contributed by atoms with Gasteiger partial charge in [0.25, 0.3) is 0 Å². The van der Waals surface area contributed by atoms with Crippen molar-refractivity contribution in [3.8, 4) is 5.75 Å². The van der Waals surface area contributed by atoms with Gasteiger partial charge >= 0.3 is 0 Å². The number of aliphatic imine (C=N–C) groups is 1. The Kier molecular flexibility index (Phi) is 8.21. The second-order valence-electron chi connectivity index (χ2n) is 6.50. The average Bonchev–Trinajstić information content (AvgIpc) is 3.30. The third-order valence-electron chi connectivity index (χ3n) is 4.15. The Morgan fingerprint density at radius 3 is 2.85 bits per heavy atom. The van der Waals surface area contributed by atoms with E-state index in [-0.39, 0.29) is 24.0 Å². The molecule has 1 saturated carbocycles. The van der Waals surface area contributed by atoms with Crippen molar-refractivity contribution in [2.75, 3.05) is 13.2 Å². The summed E-state index contributed by atoms with van der Waals surface area (Å²) in [5.74, 6) is 2.48. The van der Waals surface area contributed by atoms with Gasteiger partial charge < -0.3 is 15.4 Å². The fourth-order valence-electron chi connectivity index (χ4n) is 2.49. The lowest BCUT2D eigenvalue weighted by Gasteiger charge is -2.13. The Balaban J connectivity index is 0.00000243. The molecule has 0 saturated heterocycles. The highest BCUT2D eigenvalue weighted by molar-refractivity contribution is 14.0. The van der Waals surface area contributed by atoms with Crippen LogP contribution in [0.15, 0.2) is 35.5 Å². The molecule has 0 unspecified atom stereocenters. The predicted molar refractivity (Wildman–Crippen MR) is 115 cm³/mol. The Morgan fingerprint density at radius 2 is 2.15 bits per heavy atom. The largest absolute Gasteiger partial charge is 0.493 e. The Bertz CT molecular complexity index is 698. The van der Waals surface area contributed by atoms with Gasteiger partial charge in [-0.3, -0.25) is 5.10 Å². The highest BCUT2D eigenvalue weighted by Crippen LogP contribution is 2.30. The fourth-order valence-corrected chi connectivity index (χ4v) is 2.49. The van der Waals surface area contributed by atoms with Gasteiger partial charge in [-0.15, -0.1) is 24.0 Å². The summed E-state index contributed by atoms with van der Waals surface area (Å²) in [7, 11) is 0. The molecule has 0 spiro atoms. The van der Waals surface area contributed by atoms with E-state index in [0.717, 1.165) is 42.0 Å². The van der Waals surface area contributed by atoms with Crippen LogP contribution in [0, 0.1) is 12.8 Å². The van der Waals surface area contributed by atoms with Gasteiger partial charge in [-0.25, -0.2) is 4.99 Å². The minimum Gasteiger partial charge on any atom is -0.493 e. The first-order chi connectivity index (χ1) is 12.2. The van der Waals surface area contributed by atoms with Crippen LogP contribution in [0.3, 0.4) is 0 Å². The minimum atomic E-state index is 0. The summed E-state index contributed by atoms with van der Waals surface area (Å²) < 4.78 is 6.03. The molecule has 1 aliphatic carbocycles. The van der Waals surface area contributed by atoms with E-state index in [1.165, 1.54) is 18.4 Å². The van der Waals surface area contributed by atoms with Gasteiger partial charge in [-0.05, 0) is 50.3 Å². The highest BCUT2D eigenvalue weighted by Gasteiger charge is 2.22. The molecule has 1 fully saturated rings. The van der Waals surface area contributed by atoms with Gasteiger partial charge in [0.15, 0.2) is 5.96 Å². The number of hydrogen-bond donors (Lipinski definition) is 3. The number of rotatable bonds is 8. The number of nitrogens with one attached hydrogen (secondary N) is 3. The molecule has 142 valence electrons. The zero-order valence-electron chi connectivity index (χ0n) is 15.4. The molecule has 3 rings (SSSR count). The first kappa shape index (κ1) is 20.5. The van der Waals surface area contributed by atoms with Gasteiger partial charge in [0.1, 0.15) is 5.75 Å². The van der Waals surface area contributed by atoms with Crippen molar-refractivity contribution in [3.63, 3.8) is 0 Å². The maximum Gasteiger partial charge on any atom is 0.191 e. The molecule has 0 amide bonds. The number of aryl methyl sites for hydroxylation is 1. The monoisotopic (exact) mass is 469 g/mol. The smallest absolute Gasteiger partial charge is 0.191 e. The molecule has 1 heterocycles. The number of guanidine groups is 1. The van der Waals surface area contributed by atoms with Crippen LogP contribution in [0.4, 0.5) is 0 Å². The van der Waals surface area contributed by atoms with E-state index < -0.39 is 0 Å². The van der Waals surface area contributed by atoms with Crippen molar-refractivity contribution in [2.24, 2.45) is 10.9 Å². The lowest BCUT2D eigenvalue weighted by atomic mass is 10.1. The van der Waals surface area contributed by atoms with E-state index in [1.54, 1.807) is 6.20 Å². The van der Waals surface area contributed by atoms with Crippen LogP contribution in [0.2, 0.25) is 0 Å². The molecule has 2 aromatic rings. The third-order valence-corrected chi connectivity index (χ3v) is 4.15. The number of nitrogens with zero attached hydrogens (tertiary/aromatic N) is 2. The second kappa shape index (κ2) is 10.4. The zero-order chi connectivity index (χ0) is 17.5. The molecule has 26 heavy (non-hydrogen) atoms. The van der Waals surface area contributed by atoms with E-state index in [1.807, 2.05) is 6.07 Å². The maximum atomic E-state index is 6.03. The normalized spacial score (nSPS) is 13.8. The molecule has 6 nitrogen and oxygen atoms in total. The fraction of sp³-hybridized carbons (Fsp3) is 0.474. The molecule has 3 N–H and O–H groups in total. The second-order valence-corrected chi connectivity index (χ2v) is 6.50. The van der Waals surface area contributed by atoms with Gasteiger partial charge in [-0.2, -0.15) is 5.10 Å². The summed E-state index contributed by atoms with van der Waals surface area (Å²) in [6.45, 7) is 7.02. The summed E-state index contributed by atoms with van der Waals surface area (Å²) in [6, 6.07) is 8.28. The first-order valence-electron chi connectivity index (χ1n) is 8.97. The predicted octanol–water partition coefficient (Wildman–Crippen LogP) is 3.38. The maximum absolute atomic E-state index is 6.03. The molecule has 0 radical (unpaired) electrons. The van der Waals surface area contributed by atoms with Crippen LogP contribution in [0.25, 0.3) is 0 Å². The van der Waals surface area contributed by atoms with E-state index >= 15 is 0 Å². The van der Waals surface area contributed by atoms with Crippen LogP contribution < -0.4 is 15.4 Å². The Morgan fingerprint density at radius 1 is 1.31 bits per heavy atom. The first-order valence-corrected chi connectivity index (χ1v) is 8.97. The highest BCUT2D eigenvalue weighted by atomic mass is 127. The van der Waals surface area contributed by atoms with Crippen LogP contribution in [0.1, 0.15) is 36.6 Å². The molecule has 0 aliphatic heterocycles. The molecule has 0 atom stereocenters. The number of aromatic nitrogens is 2. The zero-order valence-corrected chi connectivity index (χ0v) is 17.7. The summed E-state index contributed by atoms with van der Waals surface area (Å²) >= 11 is 0. The lowest BCUT2D eigenvalue weighted by molar-refractivity contribution is 0.296. The standard InChI is InChI=1S/C19H27N5O.HI/c1-3-20-19(22-12-17-8-9-23-24-17)21-11-16-7-4-14(2)10-18(16)25-13-15-5-6-15;/h4,7-10,15H,3,5-6,11-13H2,1-2H3,(H,23,24)(H2,20,21,22);1H. The van der Waals surface area contributed by atoms with Gasteiger partial charge in [0.2, 0.25) is 0 Å². The lowest BCUT2D eigenvalue weighted by Crippen LogP contribution is -2.36. The number of H-pyrrole nitrogens is 1.